The molecule has 0 aliphatic heterocycles. The summed E-state index contributed by atoms with van der Waals surface area (Å²) in [7, 11) is -3.77. The predicted molar refractivity (Wildman–Crippen MR) is 94.9 cm³/mol. The number of benzene rings is 1. The van der Waals surface area contributed by atoms with Crippen molar-refractivity contribution in [3.05, 3.63) is 53.5 Å². The fourth-order valence-corrected chi connectivity index (χ4v) is 5.58. The van der Waals surface area contributed by atoms with E-state index in [0.717, 1.165) is 24.0 Å². The zero-order valence-electron chi connectivity index (χ0n) is 14.5. The van der Waals surface area contributed by atoms with Crippen LogP contribution < -0.4 is 5.32 Å². The zero-order valence-corrected chi connectivity index (χ0v) is 15.4. The van der Waals surface area contributed by atoms with Gasteiger partial charge in [0.1, 0.15) is 5.76 Å². The summed E-state index contributed by atoms with van der Waals surface area (Å²) in [6.07, 6.45) is 3.70. The molecule has 25 heavy (non-hydrogen) atoms. The number of hydrogen-bond donors (Lipinski definition) is 1. The summed E-state index contributed by atoms with van der Waals surface area (Å²) in [5, 5.41) is 2.76. The molecule has 1 aliphatic rings. The van der Waals surface area contributed by atoms with Gasteiger partial charge in [0.25, 0.3) is 0 Å². The van der Waals surface area contributed by atoms with E-state index in [4.69, 9.17) is 4.42 Å². The van der Waals surface area contributed by atoms with Crippen LogP contribution >= 0.6 is 0 Å². The minimum absolute atomic E-state index is 0.191. The van der Waals surface area contributed by atoms with Crippen molar-refractivity contribution in [3.63, 3.8) is 0 Å². The van der Waals surface area contributed by atoms with Gasteiger partial charge in [0, 0.05) is 0 Å². The summed E-state index contributed by atoms with van der Waals surface area (Å²) in [5.41, 5.74) is 1.94. The van der Waals surface area contributed by atoms with Crippen LogP contribution in [-0.4, -0.2) is 19.1 Å². The molecule has 1 heterocycles. The van der Waals surface area contributed by atoms with Crippen LogP contribution in [-0.2, 0) is 21.2 Å². The molecule has 1 saturated carbocycles. The number of hydrogen-bond acceptors (Lipinski definition) is 4. The average Bonchev–Trinajstić information content (AvgIpc) is 3.27. The van der Waals surface area contributed by atoms with Crippen LogP contribution in [0.5, 0.6) is 0 Å². The van der Waals surface area contributed by atoms with E-state index in [1.165, 1.54) is 6.26 Å². The molecule has 3 rings (SSSR count). The average molecular weight is 361 g/mol. The minimum Gasteiger partial charge on any atom is -0.467 e. The lowest BCUT2D eigenvalue weighted by Gasteiger charge is -2.27. The molecule has 1 aliphatic carbocycles. The fraction of sp³-hybridized carbons (Fsp3) is 0.421. The van der Waals surface area contributed by atoms with Gasteiger partial charge in [-0.3, -0.25) is 4.79 Å². The smallest absolute Gasteiger partial charge is 0.242 e. The minimum atomic E-state index is -3.77. The van der Waals surface area contributed by atoms with Gasteiger partial charge in [0.2, 0.25) is 5.91 Å². The standard InChI is InChI=1S/C19H23NO4S/c1-14-7-8-17(12-15(14)2)25(22,23)19(9-3-4-10-19)18(21)20-13-16-6-5-11-24-16/h5-8,11-12H,3-4,9-10,13H2,1-2H3,(H,20,21). The Labute approximate surface area is 148 Å². The van der Waals surface area contributed by atoms with Crippen LogP contribution in [0.15, 0.2) is 45.9 Å². The molecule has 1 aromatic heterocycles. The highest BCUT2D eigenvalue weighted by molar-refractivity contribution is 7.93. The van der Waals surface area contributed by atoms with Gasteiger partial charge >= 0.3 is 0 Å². The first-order valence-corrected chi connectivity index (χ1v) is 9.98. The van der Waals surface area contributed by atoms with Gasteiger partial charge < -0.3 is 9.73 Å². The molecule has 1 amide bonds. The van der Waals surface area contributed by atoms with Crippen molar-refractivity contribution in [2.24, 2.45) is 0 Å². The lowest BCUT2D eigenvalue weighted by molar-refractivity contribution is -0.123. The molecule has 0 spiro atoms. The molecule has 134 valence electrons. The molecule has 0 saturated heterocycles. The Hall–Kier alpha value is -2.08. The van der Waals surface area contributed by atoms with Gasteiger partial charge in [-0.05, 0) is 62.1 Å². The van der Waals surface area contributed by atoms with Gasteiger partial charge in [-0.2, -0.15) is 0 Å². The van der Waals surface area contributed by atoms with Gasteiger partial charge in [-0.15, -0.1) is 0 Å². The second kappa shape index (κ2) is 6.67. The molecular formula is C19H23NO4S. The van der Waals surface area contributed by atoms with E-state index in [1.54, 1.807) is 30.3 Å². The molecule has 1 aromatic carbocycles. The third kappa shape index (κ3) is 3.11. The molecule has 0 bridgehead atoms. The normalized spacial score (nSPS) is 16.7. The largest absolute Gasteiger partial charge is 0.467 e. The van der Waals surface area contributed by atoms with E-state index in [0.29, 0.717) is 18.6 Å². The summed E-state index contributed by atoms with van der Waals surface area (Å²) >= 11 is 0. The number of aryl methyl sites for hydroxylation is 2. The summed E-state index contributed by atoms with van der Waals surface area (Å²) in [6, 6.07) is 8.56. The molecule has 6 heteroatoms. The van der Waals surface area contributed by atoms with E-state index in [2.05, 4.69) is 5.32 Å². The highest BCUT2D eigenvalue weighted by Crippen LogP contribution is 2.41. The number of amides is 1. The van der Waals surface area contributed by atoms with Crippen molar-refractivity contribution in [1.29, 1.82) is 0 Å². The molecule has 0 atom stereocenters. The second-order valence-electron chi connectivity index (χ2n) is 6.71. The van der Waals surface area contributed by atoms with Crippen LogP contribution in [0.25, 0.3) is 0 Å². The molecule has 2 aromatic rings. The van der Waals surface area contributed by atoms with E-state index < -0.39 is 20.5 Å². The monoisotopic (exact) mass is 361 g/mol. The van der Waals surface area contributed by atoms with Crippen LogP contribution in [0, 0.1) is 13.8 Å². The molecule has 1 fully saturated rings. The Balaban J connectivity index is 1.92. The topological polar surface area (TPSA) is 76.4 Å². The number of furan rings is 1. The van der Waals surface area contributed by atoms with Gasteiger partial charge in [0.15, 0.2) is 14.6 Å². The number of carbonyl (C=O) groups is 1. The highest BCUT2D eigenvalue weighted by atomic mass is 32.2. The molecule has 1 N–H and O–H groups in total. The van der Waals surface area contributed by atoms with Gasteiger partial charge in [-0.1, -0.05) is 18.9 Å². The SMILES string of the molecule is Cc1ccc(S(=O)(=O)C2(C(=O)NCc3ccco3)CCCC2)cc1C. The van der Waals surface area contributed by atoms with Crippen LogP contribution in [0.1, 0.15) is 42.6 Å². The maximum atomic E-state index is 13.3. The summed E-state index contributed by atoms with van der Waals surface area (Å²) < 4.78 is 30.5. The van der Waals surface area contributed by atoms with Crippen molar-refractivity contribution < 1.29 is 17.6 Å². The summed E-state index contributed by atoms with van der Waals surface area (Å²) in [4.78, 5) is 13.1. The lowest BCUT2D eigenvalue weighted by Crippen LogP contribution is -2.50. The Bertz CT molecular complexity index is 863. The van der Waals surface area contributed by atoms with Crippen molar-refractivity contribution in [3.8, 4) is 0 Å². The predicted octanol–water partition coefficient (Wildman–Crippen LogP) is 3.30. The van der Waals surface area contributed by atoms with Crippen molar-refractivity contribution >= 4 is 15.7 Å². The fourth-order valence-electron chi connectivity index (χ4n) is 3.41. The Kier molecular flexibility index (Phi) is 4.73. The van der Waals surface area contributed by atoms with Gasteiger partial charge in [0.05, 0.1) is 17.7 Å². The van der Waals surface area contributed by atoms with E-state index in [1.807, 2.05) is 13.8 Å². The zero-order chi connectivity index (χ0) is 18.1. The molecular weight excluding hydrogens is 338 g/mol. The Morgan fingerprint density at radius 1 is 1.16 bits per heavy atom. The van der Waals surface area contributed by atoms with Crippen molar-refractivity contribution in [2.75, 3.05) is 0 Å². The van der Waals surface area contributed by atoms with Crippen LogP contribution in [0.4, 0.5) is 0 Å². The van der Waals surface area contributed by atoms with Crippen LogP contribution in [0.2, 0.25) is 0 Å². The number of rotatable bonds is 5. The van der Waals surface area contributed by atoms with Crippen molar-refractivity contribution in [1.82, 2.24) is 5.32 Å². The Morgan fingerprint density at radius 3 is 2.48 bits per heavy atom. The van der Waals surface area contributed by atoms with E-state index >= 15 is 0 Å². The van der Waals surface area contributed by atoms with Crippen LogP contribution in [0.3, 0.4) is 0 Å². The number of sulfone groups is 1. The first-order valence-electron chi connectivity index (χ1n) is 8.49. The number of carbonyl (C=O) groups excluding carboxylic acids is 1. The van der Waals surface area contributed by atoms with Gasteiger partial charge in [-0.25, -0.2) is 8.42 Å². The quantitative estimate of drug-likeness (QED) is 0.886. The maximum Gasteiger partial charge on any atom is 0.242 e. The summed E-state index contributed by atoms with van der Waals surface area (Å²) in [5.74, 6) is 0.171. The molecule has 0 radical (unpaired) electrons. The first kappa shape index (κ1) is 17.7. The first-order chi connectivity index (χ1) is 11.9. The van der Waals surface area contributed by atoms with E-state index in [9.17, 15) is 13.2 Å². The third-order valence-corrected chi connectivity index (χ3v) is 7.63. The number of nitrogens with one attached hydrogen (secondary N) is 1. The molecule has 0 unspecified atom stereocenters. The lowest BCUT2D eigenvalue weighted by atomic mass is 10.1. The van der Waals surface area contributed by atoms with E-state index in [-0.39, 0.29) is 11.4 Å². The Morgan fingerprint density at radius 2 is 1.88 bits per heavy atom. The third-order valence-electron chi connectivity index (χ3n) is 5.13. The second-order valence-corrected chi connectivity index (χ2v) is 8.97. The maximum absolute atomic E-state index is 13.3. The van der Waals surface area contributed by atoms with Crippen molar-refractivity contribution in [2.45, 2.75) is 55.7 Å². The highest BCUT2D eigenvalue weighted by Gasteiger charge is 2.52. The molecule has 5 nitrogen and oxygen atoms in total. The summed E-state index contributed by atoms with van der Waals surface area (Å²) in [6.45, 7) is 4.01.